The summed E-state index contributed by atoms with van der Waals surface area (Å²) in [5, 5.41) is 2.29. The van der Waals surface area contributed by atoms with Gasteiger partial charge in [0.05, 0.1) is 10.0 Å². The zero-order valence-corrected chi connectivity index (χ0v) is 10.0. The lowest BCUT2D eigenvalue weighted by molar-refractivity contribution is -0.119. The van der Waals surface area contributed by atoms with Crippen molar-refractivity contribution in [2.24, 2.45) is 5.73 Å². The number of hydrogen-bond acceptors (Lipinski definition) is 2. The van der Waals surface area contributed by atoms with Crippen molar-refractivity contribution in [2.75, 3.05) is 0 Å². The molecule has 0 bridgehead atoms. The number of rotatable bonds is 3. The van der Waals surface area contributed by atoms with Crippen LogP contribution in [0, 0.1) is 5.82 Å². The zero-order valence-electron chi connectivity index (χ0n) is 8.46. The molecule has 0 radical (unpaired) electrons. The molecule has 1 atom stereocenters. The van der Waals surface area contributed by atoms with E-state index in [1.54, 1.807) is 0 Å². The summed E-state index contributed by atoms with van der Waals surface area (Å²) in [6.45, 7) is 1.43. The first-order valence-electron chi connectivity index (χ1n) is 4.47. The van der Waals surface area contributed by atoms with Gasteiger partial charge in [0.15, 0.2) is 0 Å². The van der Waals surface area contributed by atoms with Gasteiger partial charge in [0.2, 0.25) is 5.91 Å². The van der Waals surface area contributed by atoms with Crippen LogP contribution in [0.5, 0.6) is 0 Å². The number of carbonyl (C=O) groups is 2. The van der Waals surface area contributed by atoms with Crippen molar-refractivity contribution in [3.8, 4) is 0 Å². The molecule has 0 aliphatic rings. The third kappa shape index (κ3) is 2.79. The summed E-state index contributed by atoms with van der Waals surface area (Å²) >= 11 is 2.96. The van der Waals surface area contributed by atoms with Crippen LogP contribution >= 0.6 is 15.9 Å². The summed E-state index contributed by atoms with van der Waals surface area (Å²) in [5.74, 6) is -2.02. The molecule has 0 aromatic heterocycles. The molecular formula is C10H10BrFN2O2. The molecule has 0 heterocycles. The highest BCUT2D eigenvalue weighted by Gasteiger charge is 2.17. The highest BCUT2D eigenvalue weighted by molar-refractivity contribution is 9.10. The Morgan fingerprint density at radius 2 is 2.12 bits per heavy atom. The Morgan fingerprint density at radius 1 is 1.50 bits per heavy atom. The molecule has 86 valence electrons. The summed E-state index contributed by atoms with van der Waals surface area (Å²) < 4.78 is 13.7. The van der Waals surface area contributed by atoms with Crippen molar-refractivity contribution in [1.82, 2.24) is 5.32 Å². The second-order valence-electron chi connectivity index (χ2n) is 3.20. The summed E-state index contributed by atoms with van der Waals surface area (Å²) in [6, 6.07) is 3.48. The summed E-state index contributed by atoms with van der Waals surface area (Å²) in [7, 11) is 0. The van der Waals surface area contributed by atoms with Crippen LogP contribution in [-0.2, 0) is 4.79 Å². The van der Waals surface area contributed by atoms with E-state index < -0.39 is 23.7 Å². The van der Waals surface area contributed by atoms with E-state index in [2.05, 4.69) is 21.2 Å². The molecule has 1 aromatic rings. The van der Waals surface area contributed by atoms with E-state index in [9.17, 15) is 14.0 Å². The molecule has 1 rings (SSSR count). The van der Waals surface area contributed by atoms with E-state index in [1.807, 2.05) is 0 Å². The van der Waals surface area contributed by atoms with Gasteiger partial charge in [0.25, 0.3) is 5.91 Å². The normalized spacial score (nSPS) is 11.9. The number of primary amides is 1. The van der Waals surface area contributed by atoms with Crippen LogP contribution in [0.4, 0.5) is 4.39 Å². The summed E-state index contributed by atoms with van der Waals surface area (Å²) in [5.41, 5.74) is 4.84. The van der Waals surface area contributed by atoms with Crippen molar-refractivity contribution in [3.63, 3.8) is 0 Å². The molecule has 1 aromatic carbocycles. The molecule has 2 amide bonds. The number of amides is 2. The standard InChI is InChI=1S/C10H10BrFN2O2/c1-5(9(13)15)14-10(16)6-3-2-4-7(11)8(6)12/h2-5H,1H3,(H2,13,15)(H,14,16)/t5-/m1/s1. The minimum Gasteiger partial charge on any atom is -0.368 e. The van der Waals surface area contributed by atoms with Crippen LogP contribution in [-0.4, -0.2) is 17.9 Å². The number of nitrogens with two attached hydrogens (primary N) is 1. The van der Waals surface area contributed by atoms with Crippen molar-refractivity contribution in [2.45, 2.75) is 13.0 Å². The van der Waals surface area contributed by atoms with Gasteiger partial charge in [0, 0.05) is 0 Å². The lowest BCUT2D eigenvalue weighted by atomic mass is 10.2. The zero-order chi connectivity index (χ0) is 12.3. The first-order chi connectivity index (χ1) is 7.43. The van der Waals surface area contributed by atoms with Crippen molar-refractivity contribution in [1.29, 1.82) is 0 Å². The SMILES string of the molecule is C[C@@H](NC(=O)c1cccc(Br)c1F)C(N)=O. The third-order valence-corrected chi connectivity index (χ3v) is 2.58. The molecule has 0 unspecified atom stereocenters. The van der Waals surface area contributed by atoms with E-state index in [1.165, 1.54) is 25.1 Å². The van der Waals surface area contributed by atoms with Crippen LogP contribution in [0.15, 0.2) is 22.7 Å². The van der Waals surface area contributed by atoms with Gasteiger partial charge in [0.1, 0.15) is 11.9 Å². The van der Waals surface area contributed by atoms with E-state index in [4.69, 9.17) is 5.73 Å². The Hall–Kier alpha value is -1.43. The predicted molar refractivity (Wildman–Crippen MR) is 60.2 cm³/mol. The average Bonchev–Trinajstić information content (AvgIpc) is 2.21. The monoisotopic (exact) mass is 288 g/mol. The fourth-order valence-corrected chi connectivity index (χ4v) is 1.39. The first-order valence-corrected chi connectivity index (χ1v) is 5.27. The molecule has 4 nitrogen and oxygen atoms in total. The van der Waals surface area contributed by atoms with Crippen LogP contribution in [0.1, 0.15) is 17.3 Å². The maximum Gasteiger partial charge on any atom is 0.254 e. The molecule has 0 aliphatic heterocycles. The first kappa shape index (κ1) is 12.6. The van der Waals surface area contributed by atoms with Gasteiger partial charge >= 0.3 is 0 Å². The molecule has 0 spiro atoms. The molecule has 0 saturated heterocycles. The van der Waals surface area contributed by atoms with Crippen LogP contribution in [0.25, 0.3) is 0 Å². The Morgan fingerprint density at radius 3 is 2.69 bits per heavy atom. The van der Waals surface area contributed by atoms with E-state index in [-0.39, 0.29) is 10.0 Å². The predicted octanol–water partition coefficient (Wildman–Crippen LogP) is 1.19. The van der Waals surface area contributed by atoms with Crippen molar-refractivity contribution < 1.29 is 14.0 Å². The summed E-state index contributed by atoms with van der Waals surface area (Å²) in [4.78, 5) is 22.3. The number of hydrogen-bond donors (Lipinski definition) is 2. The molecular weight excluding hydrogens is 279 g/mol. The number of carbonyl (C=O) groups excluding carboxylic acids is 2. The van der Waals surface area contributed by atoms with Crippen LogP contribution < -0.4 is 11.1 Å². The van der Waals surface area contributed by atoms with E-state index in [0.717, 1.165) is 0 Å². The van der Waals surface area contributed by atoms with Gasteiger partial charge in [-0.1, -0.05) is 6.07 Å². The number of benzene rings is 1. The van der Waals surface area contributed by atoms with Crippen molar-refractivity contribution in [3.05, 3.63) is 34.1 Å². The lowest BCUT2D eigenvalue weighted by Gasteiger charge is -2.10. The lowest BCUT2D eigenvalue weighted by Crippen LogP contribution is -2.42. The Balaban J connectivity index is 2.89. The number of halogens is 2. The minimum atomic E-state index is -0.842. The van der Waals surface area contributed by atoms with E-state index >= 15 is 0 Å². The van der Waals surface area contributed by atoms with Crippen LogP contribution in [0.2, 0.25) is 0 Å². The second-order valence-corrected chi connectivity index (χ2v) is 4.05. The molecule has 6 heteroatoms. The van der Waals surface area contributed by atoms with Gasteiger partial charge in [-0.25, -0.2) is 4.39 Å². The topological polar surface area (TPSA) is 72.2 Å². The maximum absolute atomic E-state index is 13.5. The molecule has 0 fully saturated rings. The van der Waals surface area contributed by atoms with Gasteiger partial charge in [-0.2, -0.15) is 0 Å². The van der Waals surface area contributed by atoms with Gasteiger partial charge in [-0.15, -0.1) is 0 Å². The minimum absolute atomic E-state index is 0.137. The Labute approximate surface area is 100 Å². The fourth-order valence-electron chi connectivity index (χ4n) is 1.02. The average molecular weight is 289 g/mol. The number of nitrogens with one attached hydrogen (secondary N) is 1. The maximum atomic E-state index is 13.5. The van der Waals surface area contributed by atoms with Crippen molar-refractivity contribution >= 4 is 27.7 Å². The summed E-state index contributed by atoms with van der Waals surface area (Å²) in [6.07, 6.45) is 0. The second kappa shape index (κ2) is 5.07. The quantitative estimate of drug-likeness (QED) is 0.877. The van der Waals surface area contributed by atoms with E-state index in [0.29, 0.717) is 0 Å². The van der Waals surface area contributed by atoms with Gasteiger partial charge in [-0.3, -0.25) is 9.59 Å². The fraction of sp³-hybridized carbons (Fsp3) is 0.200. The van der Waals surface area contributed by atoms with Crippen LogP contribution in [0.3, 0.4) is 0 Å². The third-order valence-electron chi connectivity index (χ3n) is 1.97. The smallest absolute Gasteiger partial charge is 0.254 e. The Kier molecular flexibility index (Phi) is 4.00. The Bertz CT molecular complexity index is 437. The highest BCUT2D eigenvalue weighted by atomic mass is 79.9. The molecule has 16 heavy (non-hydrogen) atoms. The highest BCUT2D eigenvalue weighted by Crippen LogP contribution is 2.18. The molecule has 0 saturated carbocycles. The molecule has 0 aliphatic carbocycles. The van der Waals surface area contributed by atoms with Gasteiger partial charge < -0.3 is 11.1 Å². The largest absolute Gasteiger partial charge is 0.368 e. The van der Waals surface area contributed by atoms with Gasteiger partial charge in [-0.05, 0) is 35.0 Å². The molecule has 3 N–H and O–H groups in total.